The summed E-state index contributed by atoms with van der Waals surface area (Å²) in [6, 6.07) is 11.4. The Bertz CT molecular complexity index is 1480. The number of hydrogen-bond acceptors (Lipinski definition) is 5. The average molecular weight is 515 g/mol. The normalized spacial score (nSPS) is 13.4. The molecule has 0 radical (unpaired) electrons. The molecule has 7 nitrogen and oxygen atoms in total. The first kappa shape index (κ1) is 25.8. The van der Waals surface area contributed by atoms with Gasteiger partial charge in [-0.3, -0.25) is 9.59 Å². The standard InChI is InChI=1S/C26H21F4N3O4/c1-25(24(36)37-2,14-15-4-3-5-18(27)12-15)20-10-11-31-23-22(19(13-21(34)35)32-33(20)23)16-6-8-17(9-7-16)26(28,29)30/h3-12H,13-14H2,1-2H3,(H,34,35). The first-order valence-electron chi connectivity index (χ1n) is 11.0. The molecule has 0 bridgehead atoms. The third kappa shape index (κ3) is 5.02. The molecule has 0 aliphatic carbocycles. The third-order valence-electron chi connectivity index (χ3n) is 6.06. The molecule has 4 rings (SSSR count). The summed E-state index contributed by atoms with van der Waals surface area (Å²) < 4.78 is 59.5. The number of carbonyl (C=O) groups excluding carboxylic acids is 1. The number of ether oxygens (including phenoxy) is 1. The van der Waals surface area contributed by atoms with Crippen molar-refractivity contribution in [3.63, 3.8) is 0 Å². The molecule has 2 aromatic carbocycles. The number of fused-ring (bicyclic) bond motifs is 1. The van der Waals surface area contributed by atoms with Crippen LogP contribution in [0, 0.1) is 5.82 Å². The molecule has 37 heavy (non-hydrogen) atoms. The summed E-state index contributed by atoms with van der Waals surface area (Å²) in [5.41, 5.74) is -0.822. The molecule has 2 aromatic heterocycles. The lowest BCUT2D eigenvalue weighted by molar-refractivity contribution is -0.147. The van der Waals surface area contributed by atoms with Gasteiger partial charge in [0.1, 0.15) is 11.2 Å². The van der Waals surface area contributed by atoms with Crippen LogP contribution in [-0.4, -0.2) is 38.8 Å². The second kappa shape index (κ2) is 9.64. The summed E-state index contributed by atoms with van der Waals surface area (Å²) in [4.78, 5) is 29.0. The minimum atomic E-state index is -4.55. The maximum Gasteiger partial charge on any atom is 0.416 e. The number of alkyl halides is 3. The van der Waals surface area contributed by atoms with Crippen molar-refractivity contribution < 1.29 is 37.0 Å². The molecule has 0 saturated heterocycles. The number of hydrogen-bond donors (Lipinski definition) is 1. The fraction of sp³-hybridized carbons (Fsp3) is 0.231. The Kier molecular flexibility index (Phi) is 6.72. The molecule has 0 aliphatic heterocycles. The molecule has 0 aliphatic rings. The van der Waals surface area contributed by atoms with Crippen LogP contribution in [0.1, 0.15) is 29.4 Å². The van der Waals surface area contributed by atoms with Gasteiger partial charge in [0, 0.05) is 6.20 Å². The topological polar surface area (TPSA) is 93.8 Å². The fourth-order valence-electron chi connectivity index (χ4n) is 4.34. The van der Waals surface area contributed by atoms with Gasteiger partial charge in [-0.2, -0.15) is 18.3 Å². The van der Waals surface area contributed by atoms with Gasteiger partial charge in [-0.1, -0.05) is 24.3 Å². The average Bonchev–Trinajstić information content (AvgIpc) is 3.20. The summed E-state index contributed by atoms with van der Waals surface area (Å²) in [6.45, 7) is 1.58. The fourth-order valence-corrected chi connectivity index (χ4v) is 4.34. The maximum atomic E-state index is 13.9. The van der Waals surface area contributed by atoms with Crippen LogP contribution in [0.3, 0.4) is 0 Å². The molecule has 0 spiro atoms. The number of halogens is 4. The molecule has 1 N–H and O–H groups in total. The van der Waals surface area contributed by atoms with E-state index in [2.05, 4.69) is 10.1 Å². The highest BCUT2D eigenvalue weighted by Crippen LogP contribution is 2.36. The van der Waals surface area contributed by atoms with E-state index in [-0.39, 0.29) is 34.6 Å². The van der Waals surface area contributed by atoms with Crippen molar-refractivity contribution >= 4 is 17.6 Å². The predicted molar refractivity (Wildman–Crippen MR) is 124 cm³/mol. The molecule has 0 fully saturated rings. The summed E-state index contributed by atoms with van der Waals surface area (Å²) in [5.74, 6) is -2.36. The Labute approximate surface area is 208 Å². The number of aliphatic carboxylic acids is 1. The van der Waals surface area contributed by atoms with Crippen LogP contribution in [0.25, 0.3) is 16.8 Å². The largest absolute Gasteiger partial charge is 0.481 e. The molecule has 0 saturated carbocycles. The summed E-state index contributed by atoms with van der Waals surface area (Å²) in [5, 5.41) is 13.9. The monoisotopic (exact) mass is 515 g/mol. The minimum absolute atomic E-state index is 0.0142. The van der Waals surface area contributed by atoms with E-state index in [1.54, 1.807) is 13.0 Å². The molecular formula is C26H21F4N3O4. The molecular weight excluding hydrogens is 494 g/mol. The van der Waals surface area contributed by atoms with E-state index >= 15 is 0 Å². The zero-order valence-corrected chi connectivity index (χ0v) is 19.7. The second-order valence-corrected chi connectivity index (χ2v) is 8.66. The van der Waals surface area contributed by atoms with Gasteiger partial charge >= 0.3 is 18.1 Å². The molecule has 192 valence electrons. The van der Waals surface area contributed by atoms with Gasteiger partial charge in [-0.05, 0) is 54.8 Å². The zero-order chi connectivity index (χ0) is 27.0. The van der Waals surface area contributed by atoms with Crippen LogP contribution in [0.4, 0.5) is 17.6 Å². The van der Waals surface area contributed by atoms with Gasteiger partial charge in [0.25, 0.3) is 0 Å². The predicted octanol–water partition coefficient (Wildman–Crippen LogP) is 4.85. The van der Waals surface area contributed by atoms with Gasteiger partial charge in [-0.15, -0.1) is 0 Å². The van der Waals surface area contributed by atoms with Gasteiger partial charge in [0.05, 0.1) is 36.0 Å². The lowest BCUT2D eigenvalue weighted by Crippen LogP contribution is -2.38. The highest BCUT2D eigenvalue weighted by atomic mass is 19.4. The maximum absolute atomic E-state index is 13.9. The molecule has 11 heteroatoms. The summed E-state index contributed by atoms with van der Waals surface area (Å²) in [7, 11) is 1.21. The van der Waals surface area contributed by atoms with E-state index < -0.39 is 41.3 Å². The van der Waals surface area contributed by atoms with Gasteiger partial charge in [-0.25, -0.2) is 13.9 Å². The first-order valence-corrected chi connectivity index (χ1v) is 11.0. The van der Waals surface area contributed by atoms with Crippen molar-refractivity contribution in [2.45, 2.75) is 31.4 Å². The number of benzene rings is 2. The van der Waals surface area contributed by atoms with Gasteiger partial charge in [0.2, 0.25) is 0 Å². The van der Waals surface area contributed by atoms with E-state index in [0.29, 0.717) is 5.56 Å². The molecule has 2 heterocycles. The van der Waals surface area contributed by atoms with Crippen LogP contribution in [0.5, 0.6) is 0 Å². The number of aromatic nitrogens is 3. The van der Waals surface area contributed by atoms with Crippen LogP contribution in [-0.2, 0) is 38.8 Å². The van der Waals surface area contributed by atoms with Crippen LogP contribution in [0.15, 0.2) is 60.8 Å². The van der Waals surface area contributed by atoms with E-state index in [0.717, 1.165) is 12.1 Å². The number of nitrogens with zero attached hydrogens (tertiary/aromatic N) is 3. The van der Waals surface area contributed by atoms with Crippen molar-refractivity contribution in [1.82, 2.24) is 14.6 Å². The number of carboxylic acid groups (broad SMARTS) is 1. The lowest BCUT2D eigenvalue weighted by atomic mass is 9.80. The van der Waals surface area contributed by atoms with Crippen LogP contribution < -0.4 is 0 Å². The SMILES string of the molecule is COC(=O)C(C)(Cc1cccc(F)c1)c1ccnc2c(-c3ccc(C(F)(F)F)cc3)c(CC(=O)O)nn12. The van der Waals surface area contributed by atoms with Crippen molar-refractivity contribution in [2.75, 3.05) is 7.11 Å². The number of rotatable bonds is 7. The first-order chi connectivity index (χ1) is 17.4. The number of carbonyl (C=O) groups is 2. The van der Waals surface area contributed by atoms with Crippen molar-refractivity contribution in [3.8, 4) is 11.1 Å². The van der Waals surface area contributed by atoms with Crippen LogP contribution in [0.2, 0.25) is 0 Å². The Balaban J connectivity index is 1.94. The Morgan fingerprint density at radius 1 is 1.08 bits per heavy atom. The third-order valence-corrected chi connectivity index (χ3v) is 6.06. The molecule has 1 atom stereocenters. The van der Waals surface area contributed by atoms with Crippen molar-refractivity contribution in [3.05, 3.63) is 89.1 Å². The highest BCUT2D eigenvalue weighted by molar-refractivity contribution is 5.86. The van der Waals surface area contributed by atoms with Gasteiger partial charge in [0.15, 0.2) is 5.65 Å². The Hall–Kier alpha value is -4.28. The van der Waals surface area contributed by atoms with E-state index in [4.69, 9.17) is 4.74 Å². The van der Waals surface area contributed by atoms with Crippen molar-refractivity contribution in [1.29, 1.82) is 0 Å². The molecule has 4 aromatic rings. The number of esters is 1. The number of carboxylic acids is 1. The highest BCUT2D eigenvalue weighted by Gasteiger charge is 2.40. The minimum Gasteiger partial charge on any atom is -0.481 e. The number of methoxy groups -OCH3 is 1. The molecule has 0 amide bonds. The zero-order valence-electron chi connectivity index (χ0n) is 19.7. The quantitative estimate of drug-likeness (QED) is 0.279. The molecule has 1 unspecified atom stereocenters. The smallest absolute Gasteiger partial charge is 0.416 e. The second-order valence-electron chi connectivity index (χ2n) is 8.66. The summed E-state index contributed by atoms with van der Waals surface area (Å²) >= 11 is 0. The van der Waals surface area contributed by atoms with E-state index in [1.807, 2.05) is 0 Å². The lowest BCUT2D eigenvalue weighted by Gasteiger charge is -2.27. The summed E-state index contributed by atoms with van der Waals surface area (Å²) in [6.07, 6.45) is -3.69. The van der Waals surface area contributed by atoms with E-state index in [1.165, 1.54) is 54.2 Å². The Morgan fingerprint density at radius 2 is 1.78 bits per heavy atom. The van der Waals surface area contributed by atoms with Crippen molar-refractivity contribution in [2.24, 2.45) is 0 Å². The van der Waals surface area contributed by atoms with E-state index in [9.17, 15) is 32.3 Å². The van der Waals surface area contributed by atoms with Gasteiger partial charge < -0.3 is 9.84 Å². The van der Waals surface area contributed by atoms with Crippen LogP contribution >= 0.6 is 0 Å². The Morgan fingerprint density at radius 3 is 2.38 bits per heavy atom.